The molecule has 3 nitrogen and oxygen atoms in total. The lowest BCUT2D eigenvalue weighted by Gasteiger charge is -2.36. The number of pyridine rings is 1. The number of hydrogen-bond acceptors (Lipinski definition) is 2. The van der Waals surface area contributed by atoms with Crippen molar-refractivity contribution in [1.82, 2.24) is 14.3 Å². The van der Waals surface area contributed by atoms with Gasteiger partial charge in [0.1, 0.15) is 5.65 Å². The third-order valence-corrected chi connectivity index (χ3v) is 4.10. The molecule has 96 valence electrons. The molecule has 4 heteroatoms. The maximum absolute atomic E-state index is 4.68. The molecule has 0 aliphatic heterocycles. The molecule has 0 radical (unpaired) electrons. The Morgan fingerprint density at radius 1 is 1.39 bits per heavy atom. The maximum Gasteiger partial charge on any atom is 0.137 e. The van der Waals surface area contributed by atoms with E-state index in [4.69, 9.17) is 0 Å². The summed E-state index contributed by atoms with van der Waals surface area (Å²) in [5.74, 6) is 0. The van der Waals surface area contributed by atoms with E-state index in [9.17, 15) is 0 Å². The fraction of sp³-hybridized carbons (Fsp3) is 0.500. The number of halogens is 1. The van der Waals surface area contributed by atoms with Crippen LogP contribution in [0.4, 0.5) is 0 Å². The Bertz CT molecular complexity index is 485. The summed E-state index contributed by atoms with van der Waals surface area (Å²) >= 11 is 3.55. The lowest BCUT2D eigenvalue weighted by molar-refractivity contribution is 0.127. The molecule has 0 bridgehead atoms. The van der Waals surface area contributed by atoms with Gasteiger partial charge in [0.25, 0.3) is 0 Å². The van der Waals surface area contributed by atoms with Gasteiger partial charge in [-0.3, -0.25) is 4.90 Å². The van der Waals surface area contributed by atoms with E-state index in [0.29, 0.717) is 0 Å². The van der Waals surface area contributed by atoms with Gasteiger partial charge in [-0.1, -0.05) is 28.4 Å². The summed E-state index contributed by atoms with van der Waals surface area (Å²) in [7, 11) is 0. The summed E-state index contributed by atoms with van der Waals surface area (Å²) in [6, 6.07) is 6.91. The molecule has 0 amide bonds. The third-order valence-electron chi connectivity index (χ3n) is 3.74. The zero-order valence-corrected chi connectivity index (χ0v) is 12.0. The molecule has 1 fully saturated rings. The van der Waals surface area contributed by atoms with Crippen LogP contribution >= 0.6 is 15.9 Å². The predicted octanol–water partition coefficient (Wildman–Crippen LogP) is 3.08. The van der Waals surface area contributed by atoms with Crippen molar-refractivity contribution >= 4 is 21.6 Å². The molecule has 0 aromatic carbocycles. The van der Waals surface area contributed by atoms with Crippen LogP contribution in [0.2, 0.25) is 0 Å². The Morgan fingerprint density at radius 2 is 2.28 bits per heavy atom. The molecule has 0 N–H and O–H groups in total. The normalized spacial score (nSPS) is 16.3. The standard InChI is InChI=1S/C14H18BrN3/c15-7-9-17(13-4-3-5-13)10-12-11-18-8-2-1-6-14(18)16-12/h1-2,6,8,11,13H,3-5,7,9-10H2. The smallest absolute Gasteiger partial charge is 0.137 e. The number of fused-ring (bicyclic) bond motifs is 1. The Morgan fingerprint density at radius 3 is 2.94 bits per heavy atom. The van der Waals surface area contributed by atoms with E-state index in [1.54, 1.807) is 0 Å². The van der Waals surface area contributed by atoms with E-state index in [2.05, 4.69) is 48.7 Å². The van der Waals surface area contributed by atoms with Gasteiger partial charge in [-0.2, -0.15) is 0 Å². The molecule has 0 atom stereocenters. The van der Waals surface area contributed by atoms with Gasteiger partial charge in [0.15, 0.2) is 0 Å². The summed E-state index contributed by atoms with van der Waals surface area (Å²) in [6.45, 7) is 2.08. The second-order valence-electron chi connectivity index (χ2n) is 4.94. The number of hydrogen-bond donors (Lipinski definition) is 0. The molecular weight excluding hydrogens is 290 g/mol. The number of rotatable bonds is 5. The topological polar surface area (TPSA) is 20.5 Å². The van der Waals surface area contributed by atoms with Crippen molar-refractivity contribution in [3.05, 3.63) is 36.3 Å². The highest BCUT2D eigenvalue weighted by molar-refractivity contribution is 9.09. The Hall–Kier alpha value is -0.870. The average molecular weight is 308 g/mol. The van der Waals surface area contributed by atoms with E-state index >= 15 is 0 Å². The molecule has 2 aromatic rings. The molecule has 3 rings (SSSR count). The quantitative estimate of drug-likeness (QED) is 0.791. The van der Waals surface area contributed by atoms with Gasteiger partial charge in [-0.15, -0.1) is 0 Å². The van der Waals surface area contributed by atoms with Gasteiger partial charge in [0.05, 0.1) is 5.69 Å². The molecule has 0 saturated heterocycles. The summed E-state index contributed by atoms with van der Waals surface area (Å²) in [6.07, 6.45) is 8.29. The highest BCUT2D eigenvalue weighted by atomic mass is 79.9. The maximum atomic E-state index is 4.68. The van der Waals surface area contributed by atoms with Gasteiger partial charge in [0.2, 0.25) is 0 Å². The van der Waals surface area contributed by atoms with E-state index in [-0.39, 0.29) is 0 Å². The van der Waals surface area contributed by atoms with Crippen LogP contribution in [0.1, 0.15) is 25.0 Å². The Balaban J connectivity index is 1.76. The molecule has 1 aliphatic rings. The first-order valence-electron chi connectivity index (χ1n) is 6.59. The minimum Gasteiger partial charge on any atom is -0.307 e. The highest BCUT2D eigenvalue weighted by Crippen LogP contribution is 2.26. The number of imidazole rings is 1. The number of nitrogens with zero attached hydrogens (tertiary/aromatic N) is 3. The summed E-state index contributed by atoms with van der Waals surface area (Å²) < 4.78 is 2.10. The number of aromatic nitrogens is 2. The van der Waals surface area contributed by atoms with E-state index in [1.807, 2.05) is 12.1 Å². The van der Waals surface area contributed by atoms with E-state index in [0.717, 1.165) is 30.1 Å². The molecule has 2 aromatic heterocycles. The second kappa shape index (κ2) is 5.41. The lowest BCUT2D eigenvalue weighted by Crippen LogP contribution is -2.40. The molecule has 18 heavy (non-hydrogen) atoms. The van der Waals surface area contributed by atoms with Gasteiger partial charge < -0.3 is 4.40 Å². The second-order valence-corrected chi connectivity index (χ2v) is 5.74. The van der Waals surface area contributed by atoms with Crippen molar-refractivity contribution in [2.45, 2.75) is 31.8 Å². The summed E-state index contributed by atoms with van der Waals surface area (Å²) in [4.78, 5) is 7.24. The monoisotopic (exact) mass is 307 g/mol. The van der Waals surface area contributed by atoms with Crippen molar-refractivity contribution in [3.63, 3.8) is 0 Å². The Kier molecular flexibility index (Phi) is 3.66. The third kappa shape index (κ3) is 2.45. The fourth-order valence-electron chi connectivity index (χ4n) is 2.52. The van der Waals surface area contributed by atoms with Crippen molar-refractivity contribution in [1.29, 1.82) is 0 Å². The predicted molar refractivity (Wildman–Crippen MR) is 77.0 cm³/mol. The van der Waals surface area contributed by atoms with Crippen LogP contribution in [0.25, 0.3) is 5.65 Å². The molecule has 0 unspecified atom stereocenters. The van der Waals surface area contributed by atoms with Crippen LogP contribution in [-0.2, 0) is 6.54 Å². The number of alkyl halides is 1. The first-order valence-corrected chi connectivity index (χ1v) is 7.71. The minimum absolute atomic E-state index is 0.771. The Labute approximate surface area is 116 Å². The van der Waals surface area contributed by atoms with Crippen molar-refractivity contribution in [3.8, 4) is 0 Å². The van der Waals surface area contributed by atoms with E-state index in [1.165, 1.54) is 25.0 Å². The van der Waals surface area contributed by atoms with Gasteiger partial charge in [0, 0.05) is 36.9 Å². The van der Waals surface area contributed by atoms with E-state index < -0.39 is 0 Å². The van der Waals surface area contributed by atoms with Crippen LogP contribution < -0.4 is 0 Å². The highest BCUT2D eigenvalue weighted by Gasteiger charge is 2.24. The van der Waals surface area contributed by atoms with Crippen LogP contribution in [-0.4, -0.2) is 32.2 Å². The molecule has 1 saturated carbocycles. The van der Waals surface area contributed by atoms with Crippen LogP contribution in [0.15, 0.2) is 30.6 Å². The van der Waals surface area contributed by atoms with Gasteiger partial charge in [-0.25, -0.2) is 4.98 Å². The van der Waals surface area contributed by atoms with Gasteiger partial charge >= 0.3 is 0 Å². The molecule has 2 heterocycles. The first kappa shape index (κ1) is 12.2. The van der Waals surface area contributed by atoms with Crippen molar-refractivity contribution in [2.75, 3.05) is 11.9 Å². The minimum atomic E-state index is 0.771. The average Bonchev–Trinajstić information content (AvgIpc) is 2.69. The van der Waals surface area contributed by atoms with Gasteiger partial charge in [-0.05, 0) is 25.0 Å². The fourth-order valence-corrected chi connectivity index (χ4v) is 2.98. The van der Waals surface area contributed by atoms with Crippen LogP contribution in [0.5, 0.6) is 0 Å². The van der Waals surface area contributed by atoms with Crippen LogP contribution in [0, 0.1) is 0 Å². The van der Waals surface area contributed by atoms with Crippen molar-refractivity contribution in [2.24, 2.45) is 0 Å². The SMILES string of the molecule is BrCCN(Cc1cn2ccccc2n1)C1CCC1. The van der Waals surface area contributed by atoms with Crippen molar-refractivity contribution < 1.29 is 0 Å². The molecular formula is C14H18BrN3. The molecule has 1 aliphatic carbocycles. The largest absolute Gasteiger partial charge is 0.307 e. The zero-order chi connectivity index (χ0) is 12.4. The zero-order valence-electron chi connectivity index (χ0n) is 10.4. The first-order chi connectivity index (χ1) is 8.86. The van der Waals surface area contributed by atoms with Crippen LogP contribution in [0.3, 0.4) is 0 Å². The molecule has 0 spiro atoms. The summed E-state index contributed by atoms with van der Waals surface area (Å²) in [5, 5.41) is 1.04. The summed E-state index contributed by atoms with van der Waals surface area (Å²) in [5.41, 5.74) is 2.22. The lowest BCUT2D eigenvalue weighted by atomic mass is 9.91.